The maximum absolute atomic E-state index is 12.3. The number of aryl methyl sites for hydroxylation is 1. The Kier molecular flexibility index (Phi) is 6.06. The minimum Gasteiger partial charge on any atom is -0.462 e. The number of benzene rings is 1. The number of hydrogen-bond acceptors (Lipinski definition) is 7. The van der Waals surface area contributed by atoms with Crippen LogP contribution in [0.15, 0.2) is 36.7 Å². The van der Waals surface area contributed by atoms with Gasteiger partial charge in [0, 0.05) is 32.7 Å². The first-order valence-corrected chi connectivity index (χ1v) is 10.9. The lowest BCUT2D eigenvalue weighted by Gasteiger charge is -2.35. The molecule has 1 aliphatic heterocycles. The Labute approximate surface area is 175 Å². The second kappa shape index (κ2) is 8.88. The summed E-state index contributed by atoms with van der Waals surface area (Å²) in [6, 6.07) is 10.6. The van der Waals surface area contributed by atoms with Gasteiger partial charge in [-0.25, -0.2) is 14.8 Å². The first-order chi connectivity index (χ1) is 14.2. The summed E-state index contributed by atoms with van der Waals surface area (Å²) in [4.78, 5) is 27.6. The molecule has 0 spiro atoms. The molecule has 152 valence electrons. The molecule has 0 aliphatic carbocycles. The lowest BCUT2D eigenvalue weighted by atomic mass is 10.1. The molecule has 3 heterocycles. The zero-order valence-electron chi connectivity index (χ0n) is 16.9. The highest BCUT2D eigenvalue weighted by molar-refractivity contribution is 7.20. The van der Waals surface area contributed by atoms with Gasteiger partial charge >= 0.3 is 5.97 Å². The summed E-state index contributed by atoms with van der Waals surface area (Å²) in [5, 5.41) is 0.985. The molecular weight excluding hydrogens is 384 g/mol. The van der Waals surface area contributed by atoms with Gasteiger partial charge in [-0.1, -0.05) is 30.3 Å². The standard InChI is InChI=1S/C22H26N4O2S/c1-3-28-22(27)19-16(2)18-20(23-15-24-21(18)29-19)26-13-11-25(12-14-26)10-9-17-7-5-4-6-8-17/h4-8,15H,3,9-14H2,1-2H3. The van der Waals surface area contributed by atoms with Crippen LogP contribution >= 0.6 is 11.3 Å². The molecule has 0 saturated carbocycles. The largest absolute Gasteiger partial charge is 0.462 e. The number of rotatable bonds is 6. The molecule has 3 aromatic rings. The highest BCUT2D eigenvalue weighted by Crippen LogP contribution is 2.35. The van der Waals surface area contributed by atoms with Gasteiger partial charge in [0.05, 0.1) is 12.0 Å². The van der Waals surface area contributed by atoms with Crippen molar-refractivity contribution in [3.63, 3.8) is 0 Å². The molecule has 7 heteroatoms. The van der Waals surface area contributed by atoms with Crippen LogP contribution in [0.2, 0.25) is 0 Å². The summed E-state index contributed by atoms with van der Waals surface area (Å²) in [5.74, 6) is 0.659. The van der Waals surface area contributed by atoms with Gasteiger partial charge in [-0.05, 0) is 31.4 Å². The van der Waals surface area contributed by atoms with Crippen LogP contribution in [0.3, 0.4) is 0 Å². The van der Waals surface area contributed by atoms with Crippen molar-refractivity contribution in [3.8, 4) is 0 Å². The number of nitrogens with zero attached hydrogens (tertiary/aromatic N) is 4. The molecule has 1 saturated heterocycles. The van der Waals surface area contributed by atoms with Crippen LogP contribution in [0.1, 0.15) is 27.7 Å². The number of piperazine rings is 1. The molecule has 29 heavy (non-hydrogen) atoms. The van der Waals surface area contributed by atoms with Gasteiger partial charge in [-0.2, -0.15) is 0 Å². The monoisotopic (exact) mass is 410 g/mol. The minimum absolute atomic E-state index is 0.273. The van der Waals surface area contributed by atoms with Gasteiger partial charge in [-0.15, -0.1) is 11.3 Å². The summed E-state index contributed by atoms with van der Waals surface area (Å²) in [6.07, 6.45) is 2.68. The molecule has 0 amide bonds. The normalized spacial score (nSPS) is 15.0. The van der Waals surface area contributed by atoms with Crippen molar-refractivity contribution in [3.05, 3.63) is 52.7 Å². The summed E-state index contributed by atoms with van der Waals surface area (Å²) >= 11 is 1.39. The average Bonchev–Trinajstić information content (AvgIpc) is 3.10. The predicted octanol–water partition coefficient (Wildman–Crippen LogP) is 3.54. The lowest BCUT2D eigenvalue weighted by Crippen LogP contribution is -2.47. The molecule has 0 atom stereocenters. The Balaban J connectivity index is 1.46. The Morgan fingerprint density at radius 2 is 1.90 bits per heavy atom. The number of hydrogen-bond donors (Lipinski definition) is 0. The summed E-state index contributed by atoms with van der Waals surface area (Å²) in [5.41, 5.74) is 2.30. The maximum Gasteiger partial charge on any atom is 0.348 e. The van der Waals surface area contributed by atoms with Crippen LogP contribution in [0.4, 0.5) is 5.82 Å². The van der Waals surface area contributed by atoms with E-state index in [4.69, 9.17) is 4.74 Å². The highest BCUT2D eigenvalue weighted by Gasteiger charge is 2.24. The molecule has 1 aromatic carbocycles. The zero-order valence-corrected chi connectivity index (χ0v) is 17.7. The van der Waals surface area contributed by atoms with Crippen LogP contribution in [0, 0.1) is 6.92 Å². The van der Waals surface area contributed by atoms with Crippen molar-refractivity contribution in [2.24, 2.45) is 0 Å². The molecule has 2 aromatic heterocycles. The molecule has 4 rings (SSSR count). The molecule has 1 fully saturated rings. The Hall–Kier alpha value is -2.51. The first kappa shape index (κ1) is 19.8. The third kappa shape index (κ3) is 4.26. The van der Waals surface area contributed by atoms with Crippen molar-refractivity contribution in [2.45, 2.75) is 20.3 Å². The van der Waals surface area contributed by atoms with Crippen LogP contribution in [-0.2, 0) is 11.2 Å². The number of carbonyl (C=O) groups excluding carboxylic acids is 1. The lowest BCUT2D eigenvalue weighted by molar-refractivity contribution is 0.0531. The van der Waals surface area contributed by atoms with Crippen molar-refractivity contribution in [1.29, 1.82) is 0 Å². The summed E-state index contributed by atoms with van der Waals surface area (Å²) < 4.78 is 5.20. The van der Waals surface area contributed by atoms with E-state index in [1.54, 1.807) is 6.33 Å². The third-order valence-corrected chi connectivity index (χ3v) is 6.58. The molecule has 0 radical (unpaired) electrons. The highest BCUT2D eigenvalue weighted by atomic mass is 32.1. The van der Waals surface area contributed by atoms with Gasteiger partial charge < -0.3 is 9.64 Å². The number of fused-ring (bicyclic) bond motifs is 1. The summed E-state index contributed by atoms with van der Waals surface area (Å²) in [6.45, 7) is 9.09. The number of anilines is 1. The average molecular weight is 411 g/mol. The van der Waals surface area contributed by atoms with Crippen molar-refractivity contribution >= 4 is 33.3 Å². The maximum atomic E-state index is 12.3. The van der Waals surface area contributed by atoms with E-state index in [9.17, 15) is 4.79 Å². The zero-order chi connectivity index (χ0) is 20.2. The van der Waals surface area contributed by atoms with Gasteiger partial charge in [0.1, 0.15) is 21.9 Å². The number of ether oxygens (including phenoxy) is 1. The van der Waals surface area contributed by atoms with E-state index in [1.165, 1.54) is 16.9 Å². The molecule has 0 N–H and O–H groups in total. The molecular formula is C22H26N4O2S. The Morgan fingerprint density at radius 3 is 2.62 bits per heavy atom. The number of aromatic nitrogens is 2. The van der Waals surface area contributed by atoms with E-state index >= 15 is 0 Å². The van der Waals surface area contributed by atoms with Gasteiger partial charge in [-0.3, -0.25) is 4.90 Å². The third-order valence-electron chi connectivity index (χ3n) is 5.40. The van der Waals surface area contributed by atoms with Crippen molar-refractivity contribution in [1.82, 2.24) is 14.9 Å². The first-order valence-electron chi connectivity index (χ1n) is 10.1. The van der Waals surface area contributed by atoms with E-state index in [0.717, 1.165) is 60.7 Å². The summed E-state index contributed by atoms with van der Waals surface area (Å²) in [7, 11) is 0. The fraction of sp³-hybridized carbons (Fsp3) is 0.409. The van der Waals surface area contributed by atoms with Gasteiger partial charge in [0.2, 0.25) is 0 Å². The SMILES string of the molecule is CCOC(=O)c1sc2ncnc(N3CCN(CCc4ccccc4)CC3)c2c1C. The van der Waals surface area contributed by atoms with E-state index < -0.39 is 0 Å². The Bertz CT molecular complexity index is 981. The van der Waals surface area contributed by atoms with Gasteiger partial charge in [0.25, 0.3) is 0 Å². The molecule has 0 unspecified atom stereocenters. The van der Waals surface area contributed by atoms with Crippen LogP contribution in [-0.4, -0.2) is 60.2 Å². The second-order valence-corrected chi connectivity index (χ2v) is 8.22. The number of esters is 1. The van der Waals surface area contributed by atoms with E-state index in [1.807, 2.05) is 13.8 Å². The van der Waals surface area contributed by atoms with E-state index in [2.05, 4.69) is 50.1 Å². The fourth-order valence-corrected chi connectivity index (χ4v) is 4.84. The van der Waals surface area contributed by atoms with Gasteiger partial charge in [0.15, 0.2) is 0 Å². The van der Waals surface area contributed by atoms with Crippen molar-refractivity contribution < 1.29 is 9.53 Å². The topological polar surface area (TPSA) is 58.6 Å². The van der Waals surface area contributed by atoms with Crippen LogP contribution in [0.5, 0.6) is 0 Å². The van der Waals surface area contributed by atoms with E-state index in [-0.39, 0.29) is 5.97 Å². The molecule has 6 nitrogen and oxygen atoms in total. The second-order valence-electron chi connectivity index (χ2n) is 7.22. The van der Waals surface area contributed by atoms with Crippen LogP contribution < -0.4 is 4.90 Å². The molecule has 1 aliphatic rings. The predicted molar refractivity (Wildman–Crippen MR) is 117 cm³/mol. The molecule has 0 bridgehead atoms. The van der Waals surface area contributed by atoms with E-state index in [0.29, 0.717) is 11.5 Å². The minimum atomic E-state index is -0.273. The number of carbonyl (C=O) groups is 1. The number of thiophene rings is 1. The Morgan fingerprint density at radius 1 is 1.14 bits per heavy atom. The smallest absolute Gasteiger partial charge is 0.348 e. The van der Waals surface area contributed by atoms with Crippen molar-refractivity contribution in [2.75, 3.05) is 44.2 Å². The quantitative estimate of drug-likeness (QED) is 0.580. The van der Waals surface area contributed by atoms with Crippen LogP contribution in [0.25, 0.3) is 10.2 Å². The fourth-order valence-electron chi connectivity index (χ4n) is 3.80.